The van der Waals surface area contributed by atoms with Crippen molar-refractivity contribution in [3.63, 3.8) is 0 Å². The maximum absolute atomic E-state index is 13.0. The monoisotopic (exact) mass is 422 g/mol. The number of benzene rings is 1. The highest BCUT2D eigenvalue weighted by atomic mass is 16.5. The molecule has 3 aromatic rings. The lowest BCUT2D eigenvalue weighted by atomic mass is 9.94. The minimum Gasteiger partial charge on any atom is -0.361 e. The smallest absolute Gasteiger partial charge is 0.237 e. The van der Waals surface area contributed by atoms with Crippen LogP contribution in [0.1, 0.15) is 67.8 Å². The van der Waals surface area contributed by atoms with Gasteiger partial charge >= 0.3 is 0 Å². The van der Waals surface area contributed by atoms with Crippen LogP contribution in [0.15, 0.2) is 28.9 Å². The van der Waals surface area contributed by atoms with Crippen LogP contribution in [0.5, 0.6) is 0 Å². The van der Waals surface area contributed by atoms with Crippen molar-refractivity contribution in [3.05, 3.63) is 52.5 Å². The van der Waals surface area contributed by atoms with Crippen LogP contribution in [0.25, 0.3) is 10.9 Å². The molecule has 6 nitrogen and oxygen atoms in total. The van der Waals surface area contributed by atoms with Gasteiger partial charge in [0.1, 0.15) is 5.76 Å². The van der Waals surface area contributed by atoms with Gasteiger partial charge in [-0.1, -0.05) is 38.1 Å². The van der Waals surface area contributed by atoms with E-state index in [0.29, 0.717) is 18.9 Å². The first-order valence-corrected chi connectivity index (χ1v) is 11.4. The number of hydrogen-bond acceptors (Lipinski definition) is 4. The molecule has 0 saturated heterocycles. The summed E-state index contributed by atoms with van der Waals surface area (Å²) >= 11 is 0. The first-order chi connectivity index (χ1) is 14.9. The van der Waals surface area contributed by atoms with Gasteiger partial charge in [-0.3, -0.25) is 10.1 Å². The zero-order valence-corrected chi connectivity index (χ0v) is 19.3. The fourth-order valence-corrected chi connectivity index (χ4v) is 4.76. The molecule has 0 bridgehead atoms. The molecule has 0 spiro atoms. The van der Waals surface area contributed by atoms with Gasteiger partial charge in [-0.2, -0.15) is 0 Å². The van der Waals surface area contributed by atoms with Crippen molar-refractivity contribution in [1.29, 1.82) is 0 Å². The Morgan fingerprint density at radius 1 is 1.35 bits per heavy atom. The molecule has 0 saturated carbocycles. The molecule has 31 heavy (non-hydrogen) atoms. The number of carbonyl (C=O) groups excluding carboxylic acids is 1. The molecular weight excluding hydrogens is 388 g/mol. The van der Waals surface area contributed by atoms with Crippen molar-refractivity contribution in [2.45, 2.75) is 72.5 Å². The van der Waals surface area contributed by atoms with Crippen molar-refractivity contribution >= 4 is 16.8 Å². The number of hydrogen-bond donors (Lipinski definition) is 2. The zero-order valence-electron chi connectivity index (χ0n) is 19.3. The van der Waals surface area contributed by atoms with E-state index in [1.807, 2.05) is 13.8 Å². The van der Waals surface area contributed by atoms with E-state index in [4.69, 9.17) is 4.52 Å². The Kier molecular flexibility index (Phi) is 6.19. The van der Waals surface area contributed by atoms with Gasteiger partial charge in [0.05, 0.1) is 18.3 Å². The lowest BCUT2D eigenvalue weighted by Crippen LogP contribution is -2.46. The fraction of sp³-hybridized carbons (Fsp3) is 0.520. The Bertz CT molecular complexity index is 1060. The number of nitrogens with zero attached hydrogens (tertiary/aromatic N) is 2. The molecule has 166 valence electrons. The van der Waals surface area contributed by atoms with Crippen LogP contribution in [0, 0.1) is 19.8 Å². The number of rotatable bonds is 7. The number of aromatic nitrogens is 2. The van der Waals surface area contributed by atoms with E-state index in [0.717, 1.165) is 36.4 Å². The predicted octanol–water partition coefficient (Wildman–Crippen LogP) is 4.42. The average Bonchev–Trinajstić information content (AvgIpc) is 3.19. The van der Waals surface area contributed by atoms with Crippen molar-refractivity contribution < 1.29 is 9.32 Å². The second-order valence-corrected chi connectivity index (χ2v) is 9.22. The average molecular weight is 423 g/mol. The molecule has 0 aliphatic carbocycles. The van der Waals surface area contributed by atoms with Gasteiger partial charge in [-0.15, -0.1) is 0 Å². The van der Waals surface area contributed by atoms with E-state index in [9.17, 15) is 4.79 Å². The van der Waals surface area contributed by atoms with Gasteiger partial charge in [0.15, 0.2) is 0 Å². The molecule has 0 radical (unpaired) electrons. The van der Waals surface area contributed by atoms with Gasteiger partial charge < -0.3 is 14.4 Å². The van der Waals surface area contributed by atoms with Crippen molar-refractivity contribution in [1.82, 2.24) is 20.4 Å². The Labute approximate surface area is 184 Å². The molecule has 6 heteroatoms. The first-order valence-electron chi connectivity index (χ1n) is 11.4. The van der Waals surface area contributed by atoms with Crippen molar-refractivity contribution in [2.75, 3.05) is 6.54 Å². The summed E-state index contributed by atoms with van der Waals surface area (Å²) in [7, 11) is 0. The second-order valence-electron chi connectivity index (χ2n) is 9.22. The lowest BCUT2D eigenvalue weighted by Gasteiger charge is -2.25. The predicted molar refractivity (Wildman–Crippen MR) is 123 cm³/mol. The molecular formula is C25H34N4O2. The van der Waals surface area contributed by atoms with Crippen LogP contribution in [-0.2, 0) is 17.8 Å². The molecule has 4 rings (SSSR count). The fourth-order valence-electron chi connectivity index (χ4n) is 4.76. The Balaban J connectivity index is 1.78. The topological polar surface area (TPSA) is 72.1 Å². The summed E-state index contributed by atoms with van der Waals surface area (Å²) in [5.41, 5.74) is 5.79. The molecule has 1 aliphatic rings. The normalized spacial score (nSPS) is 18.5. The van der Waals surface area contributed by atoms with Crippen molar-refractivity contribution in [2.24, 2.45) is 5.92 Å². The Morgan fingerprint density at radius 3 is 2.84 bits per heavy atom. The minimum atomic E-state index is -0.235. The third-order valence-corrected chi connectivity index (χ3v) is 6.30. The molecule has 2 N–H and O–H groups in total. The third kappa shape index (κ3) is 4.26. The van der Waals surface area contributed by atoms with Crippen LogP contribution in [0.4, 0.5) is 0 Å². The number of aryl methyl sites for hydroxylation is 2. The van der Waals surface area contributed by atoms with Gasteiger partial charge in [-0.25, -0.2) is 0 Å². The number of nitrogens with one attached hydrogen (secondary N) is 2. The quantitative estimate of drug-likeness (QED) is 0.591. The molecule has 3 heterocycles. The molecule has 1 amide bonds. The largest absolute Gasteiger partial charge is 0.361 e. The summed E-state index contributed by atoms with van der Waals surface area (Å²) in [4.78, 5) is 13.0. The van der Waals surface area contributed by atoms with Gasteiger partial charge in [0, 0.05) is 35.2 Å². The summed E-state index contributed by atoms with van der Waals surface area (Å²) < 4.78 is 7.68. The minimum absolute atomic E-state index is 0.0926. The van der Waals surface area contributed by atoms with Crippen LogP contribution in [0.2, 0.25) is 0 Å². The van der Waals surface area contributed by atoms with E-state index in [-0.39, 0.29) is 18.0 Å². The number of amides is 1. The van der Waals surface area contributed by atoms with E-state index in [2.05, 4.69) is 65.5 Å². The summed E-state index contributed by atoms with van der Waals surface area (Å²) in [6, 6.07) is 6.46. The van der Waals surface area contributed by atoms with Crippen LogP contribution < -0.4 is 10.6 Å². The molecule has 2 aromatic heterocycles. The van der Waals surface area contributed by atoms with Gasteiger partial charge in [-0.05, 0) is 56.2 Å². The SMILES string of the molecule is CCCNC(=O)[C@@H]1Cc2cn(Cc3c(C)noc3C)c3cccc(c23)[C@H](CC(C)C)N1. The van der Waals surface area contributed by atoms with Crippen LogP contribution in [0.3, 0.4) is 0 Å². The maximum Gasteiger partial charge on any atom is 0.237 e. The first kappa shape index (κ1) is 21.6. The van der Waals surface area contributed by atoms with Crippen LogP contribution in [-0.4, -0.2) is 28.2 Å². The molecule has 0 fully saturated rings. The van der Waals surface area contributed by atoms with E-state index < -0.39 is 0 Å². The highest BCUT2D eigenvalue weighted by Gasteiger charge is 2.31. The Hall–Kier alpha value is -2.60. The summed E-state index contributed by atoms with van der Waals surface area (Å²) in [5, 5.41) is 12.2. The third-order valence-electron chi connectivity index (χ3n) is 6.30. The summed E-state index contributed by atoms with van der Waals surface area (Å²) in [5.74, 6) is 1.48. The molecule has 1 aliphatic heterocycles. The molecule has 2 atom stereocenters. The second kappa shape index (κ2) is 8.87. The molecule has 1 aromatic carbocycles. The molecule has 0 unspecified atom stereocenters. The van der Waals surface area contributed by atoms with E-state index in [1.54, 1.807) is 0 Å². The zero-order chi connectivity index (χ0) is 22.1. The van der Waals surface area contributed by atoms with E-state index in [1.165, 1.54) is 22.0 Å². The highest BCUT2D eigenvalue weighted by Crippen LogP contribution is 2.36. The van der Waals surface area contributed by atoms with Gasteiger partial charge in [0.25, 0.3) is 0 Å². The summed E-state index contributed by atoms with van der Waals surface area (Å²) in [6.45, 7) is 11.9. The number of carbonyl (C=O) groups is 1. The van der Waals surface area contributed by atoms with Gasteiger partial charge in [0.2, 0.25) is 5.91 Å². The van der Waals surface area contributed by atoms with Crippen molar-refractivity contribution in [3.8, 4) is 0 Å². The Morgan fingerprint density at radius 2 is 2.16 bits per heavy atom. The summed E-state index contributed by atoms with van der Waals surface area (Å²) in [6.07, 6.45) is 4.84. The standard InChI is InChI=1S/C25H34N4O2/c1-6-10-26-25(30)22-12-18-13-29(14-20-16(4)28-31-17(20)5)23-9-7-8-19(24(18)23)21(27-22)11-15(2)3/h7-9,13,15,21-22,27H,6,10-12,14H2,1-5H3,(H,26,30)/t21-,22-/m0/s1. The maximum atomic E-state index is 13.0. The van der Waals surface area contributed by atoms with Crippen LogP contribution >= 0.6 is 0 Å². The lowest BCUT2D eigenvalue weighted by molar-refractivity contribution is -0.123. The highest BCUT2D eigenvalue weighted by molar-refractivity contribution is 5.90. The van der Waals surface area contributed by atoms with E-state index >= 15 is 0 Å².